The first-order valence-electron chi connectivity index (χ1n) is 5.92. The van der Waals surface area contributed by atoms with E-state index in [4.69, 9.17) is 10.5 Å². The first-order valence-corrected chi connectivity index (χ1v) is 6.71. The van der Waals surface area contributed by atoms with Gasteiger partial charge >= 0.3 is 0 Å². The largest absolute Gasteiger partial charge is 0.490 e. The average Bonchev–Trinajstić information content (AvgIpc) is 2.27. The number of hydrogen-bond acceptors (Lipinski definition) is 2. The van der Waals surface area contributed by atoms with Gasteiger partial charge in [0.25, 0.3) is 0 Å². The lowest BCUT2D eigenvalue weighted by molar-refractivity contribution is 0.147. The van der Waals surface area contributed by atoms with Gasteiger partial charge in [-0.05, 0) is 24.6 Å². The van der Waals surface area contributed by atoms with Gasteiger partial charge < -0.3 is 10.5 Å². The summed E-state index contributed by atoms with van der Waals surface area (Å²) in [6.07, 6.45) is 4.76. The SMILES string of the molecule is CCCCC1CC(N)c2cc(Br)ccc2O1. The maximum Gasteiger partial charge on any atom is 0.124 e. The normalized spacial score (nSPS) is 23.7. The summed E-state index contributed by atoms with van der Waals surface area (Å²) in [5.41, 5.74) is 7.30. The summed E-state index contributed by atoms with van der Waals surface area (Å²) in [6, 6.07) is 6.20. The molecule has 1 aromatic rings. The molecule has 3 heteroatoms. The van der Waals surface area contributed by atoms with Crippen LogP contribution in [-0.2, 0) is 0 Å². The maximum absolute atomic E-state index is 6.18. The molecule has 0 saturated carbocycles. The Labute approximate surface area is 105 Å². The molecule has 0 aromatic heterocycles. The predicted octanol–water partition coefficient (Wildman–Crippen LogP) is 3.79. The third kappa shape index (κ3) is 2.58. The van der Waals surface area contributed by atoms with Gasteiger partial charge in [-0.1, -0.05) is 35.7 Å². The number of fused-ring (bicyclic) bond motifs is 1. The minimum Gasteiger partial charge on any atom is -0.490 e. The van der Waals surface area contributed by atoms with E-state index in [0.717, 1.165) is 28.6 Å². The molecular formula is C13H18BrNO. The van der Waals surface area contributed by atoms with Gasteiger partial charge in [-0.3, -0.25) is 0 Å². The van der Waals surface area contributed by atoms with Crippen LogP contribution in [0.25, 0.3) is 0 Å². The molecule has 1 aliphatic rings. The van der Waals surface area contributed by atoms with Crippen molar-refractivity contribution in [3.05, 3.63) is 28.2 Å². The van der Waals surface area contributed by atoms with E-state index in [1.807, 2.05) is 12.1 Å². The highest BCUT2D eigenvalue weighted by atomic mass is 79.9. The Morgan fingerprint density at radius 1 is 1.50 bits per heavy atom. The van der Waals surface area contributed by atoms with Gasteiger partial charge in [0.2, 0.25) is 0 Å². The minimum atomic E-state index is 0.114. The Balaban J connectivity index is 2.13. The summed E-state index contributed by atoms with van der Waals surface area (Å²) < 4.78 is 7.03. The standard InChI is InChI=1S/C13H18BrNO/c1-2-3-4-10-8-12(15)11-7-9(14)5-6-13(11)16-10/h5-7,10,12H,2-4,8,15H2,1H3. The predicted molar refractivity (Wildman–Crippen MR) is 69.6 cm³/mol. The summed E-state index contributed by atoms with van der Waals surface area (Å²) in [6.45, 7) is 2.20. The Bertz CT molecular complexity index is 367. The van der Waals surface area contributed by atoms with Crippen molar-refractivity contribution < 1.29 is 4.74 Å². The van der Waals surface area contributed by atoms with Crippen molar-refractivity contribution in [2.75, 3.05) is 0 Å². The molecule has 1 aromatic carbocycles. The fourth-order valence-electron chi connectivity index (χ4n) is 2.16. The van der Waals surface area contributed by atoms with Crippen LogP contribution in [0.2, 0.25) is 0 Å². The fourth-order valence-corrected chi connectivity index (χ4v) is 2.54. The number of benzene rings is 1. The zero-order valence-electron chi connectivity index (χ0n) is 9.58. The first kappa shape index (κ1) is 11.9. The highest BCUT2D eigenvalue weighted by molar-refractivity contribution is 9.10. The molecule has 0 saturated heterocycles. The maximum atomic E-state index is 6.18. The number of hydrogen-bond donors (Lipinski definition) is 1. The van der Waals surface area contributed by atoms with Crippen LogP contribution >= 0.6 is 15.9 Å². The van der Waals surface area contributed by atoms with Gasteiger partial charge in [-0.15, -0.1) is 0 Å². The molecule has 0 spiro atoms. The van der Waals surface area contributed by atoms with E-state index >= 15 is 0 Å². The van der Waals surface area contributed by atoms with Gasteiger partial charge in [0.15, 0.2) is 0 Å². The zero-order chi connectivity index (χ0) is 11.5. The lowest BCUT2D eigenvalue weighted by Crippen LogP contribution is -2.29. The lowest BCUT2D eigenvalue weighted by atomic mass is 9.95. The highest BCUT2D eigenvalue weighted by Gasteiger charge is 2.25. The number of ether oxygens (including phenoxy) is 1. The van der Waals surface area contributed by atoms with E-state index in [9.17, 15) is 0 Å². The van der Waals surface area contributed by atoms with E-state index in [1.54, 1.807) is 0 Å². The second-order valence-corrected chi connectivity index (χ2v) is 5.32. The average molecular weight is 284 g/mol. The number of unbranched alkanes of at least 4 members (excludes halogenated alkanes) is 1. The van der Waals surface area contributed by atoms with Crippen LogP contribution in [0, 0.1) is 0 Å². The molecule has 2 nitrogen and oxygen atoms in total. The number of halogens is 1. The van der Waals surface area contributed by atoms with Gasteiger partial charge in [-0.2, -0.15) is 0 Å². The Hall–Kier alpha value is -0.540. The topological polar surface area (TPSA) is 35.2 Å². The number of rotatable bonds is 3. The van der Waals surface area contributed by atoms with Crippen LogP contribution in [-0.4, -0.2) is 6.10 Å². The van der Waals surface area contributed by atoms with Gasteiger partial charge in [-0.25, -0.2) is 0 Å². The second-order valence-electron chi connectivity index (χ2n) is 4.41. The summed E-state index contributed by atoms with van der Waals surface area (Å²) in [5.74, 6) is 0.961. The van der Waals surface area contributed by atoms with Crippen LogP contribution in [0.3, 0.4) is 0 Å². The Kier molecular flexibility index (Phi) is 3.87. The fraction of sp³-hybridized carbons (Fsp3) is 0.538. The van der Waals surface area contributed by atoms with Crippen molar-refractivity contribution in [2.45, 2.75) is 44.8 Å². The quantitative estimate of drug-likeness (QED) is 0.916. The van der Waals surface area contributed by atoms with E-state index in [0.29, 0.717) is 6.10 Å². The highest BCUT2D eigenvalue weighted by Crippen LogP contribution is 2.36. The molecule has 1 aliphatic heterocycles. The Morgan fingerprint density at radius 3 is 3.06 bits per heavy atom. The van der Waals surface area contributed by atoms with Crippen LogP contribution in [0.4, 0.5) is 0 Å². The van der Waals surface area contributed by atoms with Gasteiger partial charge in [0.1, 0.15) is 11.9 Å². The van der Waals surface area contributed by atoms with Gasteiger partial charge in [0.05, 0.1) is 0 Å². The van der Waals surface area contributed by atoms with Crippen LogP contribution in [0.15, 0.2) is 22.7 Å². The molecule has 0 aliphatic carbocycles. The smallest absolute Gasteiger partial charge is 0.124 e. The number of nitrogens with two attached hydrogens (primary N) is 1. The molecule has 88 valence electrons. The summed E-state index contributed by atoms with van der Waals surface area (Å²) in [4.78, 5) is 0. The lowest BCUT2D eigenvalue weighted by Gasteiger charge is -2.30. The van der Waals surface area contributed by atoms with Crippen LogP contribution in [0.1, 0.15) is 44.2 Å². The van der Waals surface area contributed by atoms with Crippen LogP contribution < -0.4 is 10.5 Å². The van der Waals surface area contributed by atoms with Crippen molar-refractivity contribution in [3.8, 4) is 5.75 Å². The molecule has 0 radical (unpaired) electrons. The summed E-state index contributed by atoms with van der Waals surface area (Å²) in [7, 11) is 0. The monoisotopic (exact) mass is 283 g/mol. The molecule has 2 rings (SSSR count). The molecule has 2 unspecified atom stereocenters. The summed E-state index contributed by atoms with van der Waals surface area (Å²) in [5, 5.41) is 0. The first-order chi connectivity index (χ1) is 7.70. The van der Waals surface area contributed by atoms with Crippen molar-refractivity contribution in [3.63, 3.8) is 0 Å². The van der Waals surface area contributed by atoms with Crippen molar-refractivity contribution in [1.29, 1.82) is 0 Å². The summed E-state index contributed by atoms with van der Waals surface area (Å²) >= 11 is 3.46. The molecule has 0 bridgehead atoms. The van der Waals surface area contributed by atoms with E-state index < -0.39 is 0 Å². The van der Waals surface area contributed by atoms with Crippen LogP contribution in [0.5, 0.6) is 5.75 Å². The van der Waals surface area contributed by atoms with E-state index in [2.05, 4.69) is 28.9 Å². The van der Waals surface area contributed by atoms with Gasteiger partial charge in [0, 0.05) is 22.5 Å². The zero-order valence-corrected chi connectivity index (χ0v) is 11.2. The van der Waals surface area contributed by atoms with Crippen molar-refractivity contribution in [1.82, 2.24) is 0 Å². The third-order valence-electron chi connectivity index (χ3n) is 3.06. The minimum absolute atomic E-state index is 0.114. The van der Waals surface area contributed by atoms with E-state index in [-0.39, 0.29) is 6.04 Å². The van der Waals surface area contributed by atoms with Crippen molar-refractivity contribution >= 4 is 15.9 Å². The van der Waals surface area contributed by atoms with Crippen molar-refractivity contribution in [2.24, 2.45) is 5.73 Å². The molecule has 2 atom stereocenters. The molecule has 1 heterocycles. The molecule has 2 N–H and O–H groups in total. The molecular weight excluding hydrogens is 266 g/mol. The Morgan fingerprint density at radius 2 is 2.31 bits per heavy atom. The third-order valence-corrected chi connectivity index (χ3v) is 3.55. The second kappa shape index (κ2) is 5.19. The molecule has 0 fully saturated rings. The molecule has 0 amide bonds. The van der Waals surface area contributed by atoms with E-state index in [1.165, 1.54) is 12.8 Å². The molecule has 16 heavy (non-hydrogen) atoms.